The minimum absolute atomic E-state index is 0.0202. The van der Waals surface area contributed by atoms with Crippen LogP contribution in [0.1, 0.15) is 13.8 Å². The summed E-state index contributed by atoms with van der Waals surface area (Å²) in [4.78, 5) is 1.74. The number of nitrogen functional groups attached to an aromatic ring is 1. The number of nitrogens with zero attached hydrogens (tertiary/aromatic N) is 1. The molecule has 0 amide bonds. The minimum Gasteiger partial charge on any atom is -0.397 e. The van der Waals surface area contributed by atoms with Crippen molar-refractivity contribution < 1.29 is 9.50 Å². The number of anilines is 2. The predicted octanol–water partition coefficient (Wildman–Crippen LogP) is 2.27. The van der Waals surface area contributed by atoms with E-state index < -0.39 is 11.4 Å². The quantitative estimate of drug-likeness (QED) is 0.805. The smallest absolute Gasteiger partial charge is 0.143 e. The molecule has 1 aromatic carbocycles. The molecule has 1 rings (SSSR count). The van der Waals surface area contributed by atoms with Crippen LogP contribution in [0.25, 0.3) is 0 Å². The third-order valence-corrected chi connectivity index (χ3v) is 2.39. The third kappa shape index (κ3) is 3.25. The standard InChI is InChI=1S/C11H16ClFN2O/c1-11(2,16)6-15(3)10-4-7(12)8(13)5-9(10)14/h4-5,16H,6,14H2,1-3H3. The topological polar surface area (TPSA) is 49.5 Å². The van der Waals surface area contributed by atoms with Gasteiger partial charge in [0.25, 0.3) is 0 Å². The van der Waals surface area contributed by atoms with Crippen LogP contribution in [0.2, 0.25) is 5.02 Å². The molecule has 90 valence electrons. The van der Waals surface area contributed by atoms with Crippen molar-refractivity contribution >= 4 is 23.0 Å². The molecule has 0 aromatic heterocycles. The van der Waals surface area contributed by atoms with Crippen molar-refractivity contribution in [1.29, 1.82) is 0 Å². The Labute approximate surface area is 99.6 Å². The van der Waals surface area contributed by atoms with Crippen molar-refractivity contribution in [2.45, 2.75) is 19.4 Å². The molecule has 0 saturated carbocycles. The van der Waals surface area contributed by atoms with Gasteiger partial charge in [0, 0.05) is 19.7 Å². The highest BCUT2D eigenvalue weighted by Gasteiger charge is 2.18. The highest BCUT2D eigenvalue weighted by molar-refractivity contribution is 6.31. The first-order valence-corrected chi connectivity index (χ1v) is 5.26. The van der Waals surface area contributed by atoms with Gasteiger partial charge in [-0.3, -0.25) is 0 Å². The van der Waals surface area contributed by atoms with Crippen LogP contribution < -0.4 is 10.6 Å². The van der Waals surface area contributed by atoms with E-state index in [1.165, 1.54) is 12.1 Å². The van der Waals surface area contributed by atoms with E-state index in [9.17, 15) is 9.50 Å². The molecule has 5 heteroatoms. The molecular weight excluding hydrogens is 231 g/mol. The molecule has 3 nitrogen and oxygen atoms in total. The van der Waals surface area contributed by atoms with Crippen LogP contribution in [0.5, 0.6) is 0 Å². The second-order valence-electron chi connectivity index (χ2n) is 4.49. The Hall–Kier alpha value is -1.00. The Bertz CT molecular complexity index is 390. The molecule has 0 fully saturated rings. The first kappa shape index (κ1) is 13.1. The van der Waals surface area contributed by atoms with E-state index in [0.717, 1.165) is 0 Å². The number of nitrogens with two attached hydrogens (primary N) is 1. The molecule has 0 heterocycles. The lowest BCUT2D eigenvalue weighted by Gasteiger charge is -2.28. The summed E-state index contributed by atoms with van der Waals surface area (Å²) in [5.41, 5.74) is 5.73. The summed E-state index contributed by atoms with van der Waals surface area (Å²) in [7, 11) is 1.76. The van der Waals surface area contributed by atoms with Crippen LogP contribution >= 0.6 is 11.6 Å². The van der Waals surface area contributed by atoms with Crippen molar-refractivity contribution in [3.05, 3.63) is 23.0 Å². The molecular formula is C11H16ClFN2O. The number of halogens is 2. The molecule has 0 unspecified atom stereocenters. The molecule has 0 spiro atoms. The lowest BCUT2D eigenvalue weighted by molar-refractivity contribution is 0.0886. The Kier molecular flexibility index (Phi) is 3.65. The monoisotopic (exact) mass is 246 g/mol. The molecule has 0 radical (unpaired) electrons. The number of benzene rings is 1. The van der Waals surface area contributed by atoms with Crippen molar-refractivity contribution in [2.24, 2.45) is 0 Å². The van der Waals surface area contributed by atoms with E-state index in [4.69, 9.17) is 17.3 Å². The van der Waals surface area contributed by atoms with Crippen LogP contribution in [0, 0.1) is 5.82 Å². The van der Waals surface area contributed by atoms with Gasteiger partial charge in [0.05, 0.1) is 22.0 Å². The van der Waals surface area contributed by atoms with E-state index in [1.807, 2.05) is 0 Å². The van der Waals surface area contributed by atoms with Gasteiger partial charge in [-0.2, -0.15) is 0 Å². The molecule has 3 N–H and O–H groups in total. The van der Waals surface area contributed by atoms with E-state index in [0.29, 0.717) is 17.9 Å². The molecule has 0 bridgehead atoms. The van der Waals surface area contributed by atoms with Crippen molar-refractivity contribution in [3.8, 4) is 0 Å². The third-order valence-electron chi connectivity index (χ3n) is 2.10. The lowest BCUT2D eigenvalue weighted by atomic mass is 10.1. The van der Waals surface area contributed by atoms with Gasteiger partial charge in [-0.05, 0) is 19.9 Å². The SMILES string of the molecule is CN(CC(C)(C)O)c1cc(Cl)c(F)cc1N. The van der Waals surface area contributed by atoms with Crippen LogP contribution in [-0.4, -0.2) is 24.3 Å². The number of likely N-dealkylation sites (N-methyl/N-ethyl adjacent to an activating group) is 1. The Morgan fingerprint density at radius 1 is 1.50 bits per heavy atom. The highest BCUT2D eigenvalue weighted by Crippen LogP contribution is 2.29. The Morgan fingerprint density at radius 3 is 2.56 bits per heavy atom. The van der Waals surface area contributed by atoms with E-state index in [-0.39, 0.29) is 5.02 Å². The summed E-state index contributed by atoms with van der Waals surface area (Å²) in [5, 5.41) is 9.69. The molecule has 0 aliphatic carbocycles. The van der Waals surface area contributed by atoms with E-state index >= 15 is 0 Å². The van der Waals surface area contributed by atoms with Crippen LogP contribution in [-0.2, 0) is 0 Å². The molecule has 0 saturated heterocycles. The van der Waals surface area contributed by atoms with Crippen LogP contribution in [0.4, 0.5) is 15.8 Å². The first-order chi connectivity index (χ1) is 7.20. The van der Waals surface area contributed by atoms with Gasteiger partial charge in [0.2, 0.25) is 0 Å². The van der Waals surface area contributed by atoms with Gasteiger partial charge in [-0.15, -0.1) is 0 Å². The second-order valence-corrected chi connectivity index (χ2v) is 4.90. The molecule has 16 heavy (non-hydrogen) atoms. The van der Waals surface area contributed by atoms with Gasteiger partial charge in [0.1, 0.15) is 5.82 Å². The second kappa shape index (κ2) is 4.47. The summed E-state index contributed by atoms with van der Waals surface area (Å²) in [6.45, 7) is 3.74. The average Bonchev–Trinajstić information content (AvgIpc) is 2.08. The van der Waals surface area contributed by atoms with Crippen molar-refractivity contribution in [1.82, 2.24) is 0 Å². The van der Waals surface area contributed by atoms with Gasteiger partial charge in [-0.1, -0.05) is 11.6 Å². The summed E-state index contributed by atoms with van der Waals surface area (Å²) < 4.78 is 13.1. The summed E-state index contributed by atoms with van der Waals surface area (Å²) in [6, 6.07) is 2.64. The highest BCUT2D eigenvalue weighted by atomic mass is 35.5. The van der Waals surface area contributed by atoms with Crippen molar-refractivity contribution in [3.63, 3.8) is 0 Å². The minimum atomic E-state index is -0.859. The molecule has 1 aromatic rings. The van der Waals surface area contributed by atoms with Crippen LogP contribution in [0.3, 0.4) is 0 Å². The van der Waals surface area contributed by atoms with Gasteiger partial charge in [0.15, 0.2) is 0 Å². The summed E-state index contributed by atoms with van der Waals surface area (Å²) in [6.07, 6.45) is 0. The number of hydrogen-bond acceptors (Lipinski definition) is 3. The normalized spacial score (nSPS) is 11.6. The summed E-state index contributed by atoms with van der Waals surface area (Å²) in [5.74, 6) is -0.542. The van der Waals surface area contributed by atoms with Gasteiger partial charge >= 0.3 is 0 Å². The number of aliphatic hydroxyl groups is 1. The average molecular weight is 247 g/mol. The number of hydrogen-bond donors (Lipinski definition) is 2. The Morgan fingerprint density at radius 2 is 2.06 bits per heavy atom. The van der Waals surface area contributed by atoms with Crippen molar-refractivity contribution in [2.75, 3.05) is 24.2 Å². The number of rotatable bonds is 3. The largest absolute Gasteiger partial charge is 0.397 e. The fourth-order valence-electron chi connectivity index (χ4n) is 1.55. The molecule has 0 aliphatic rings. The van der Waals surface area contributed by atoms with Gasteiger partial charge < -0.3 is 15.7 Å². The zero-order chi connectivity index (χ0) is 12.5. The van der Waals surface area contributed by atoms with Gasteiger partial charge in [-0.25, -0.2) is 4.39 Å². The molecule has 0 atom stereocenters. The van der Waals surface area contributed by atoms with E-state index in [2.05, 4.69) is 0 Å². The maximum absolute atomic E-state index is 13.1. The maximum atomic E-state index is 13.1. The fourth-order valence-corrected chi connectivity index (χ4v) is 1.71. The lowest BCUT2D eigenvalue weighted by Crippen LogP contribution is -2.36. The van der Waals surface area contributed by atoms with E-state index in [1.54, 1.807) is 25.8 Å². The first-order valence-electron chi connectivity index (χ1n) is 4.89. The summed E-state index contributed by atoms with van der Waals surface area (Å²) >= 11 is 5.68. The maximum Gasteiger partial charge on any atom is 0.143 e. The zero-order valence-electron chi connectivity index (χ0n) is 9.59. The van der Waals surface area contributed by atoms with Crippen LogP contribution in [0.15, 0.2) is 12.1 Å². The molecule has 0 aliphatic heterocycles. The predicted molar refractivity (Wildman–Crippen MR) is 65.4 cm³/mol. The Balaban J connectivity index is 3.00. The zero-order valence-corrected chi connectivity index (χ0v) is 10.3. The fraction of sp³-hybridized carbons (Fsp3) is 0.455.